The van der Waals surface area contributed by atoms with E-state index in [0.29, 0.717) is 10.6 Å². The number of phenolic OH excluding ortho intramolecular Hbond substituents is 1. The van der Waals surface area contributed by atoms with E-state index in [4.69, 9.17) is 11.6 Å². The summed E-state index contributed by atoms with van der Waals surface area (Å²) in [5, 5.41) is 14.2. The Bertz CT molecular complexity index is 941. The maximum atomic E-state index is 12.0. The Morgan fingerprint density at radius 2 is 1.88 bits per heavy atom. The van der Waals surface area contributed by atoms with Crippen LogP contribution in [0.25, 0.3) is 5.69 Å². The molecule has 0 saturated carbocycles. The molecule has 1 aromatic heterocycles. The number of nitrogens with one attached hydrogen (secondary N) is 2. The van der Waals surface area contributed by atoms with E-state index in [2.05, 4.69) is 16.0 Å². The van der Waals surface area contributed by atoms with Gasteiger partial charge in [0.25, 0.3) is 5.91 Å². The summed E-state index contributed by atoms with van der Waals surface area (Å²) in [4.78, 5) is 24.0. The molecule has 0 spiro atoms. The summed E-state index contributed by atoms with van der Waals surface area (Å²) in [6.45, 7) is 0. The lowest BCUT2D eigenvalue weighted by atomic mass is 10.2. The molecular weight excluding hydrogens is 356 g/mol. The van der Waals surface area contributed by atoms with Crippen LogP contribution in [0.3, 0.4) is 0 Å². The maximum absolute atomic E-state index is 12.0. The molecule has 3 rings (SSSR count). The number of hydrogen-bond donors (Lipinski definition) is 3. The minimum Gasteiger partial charge on any atom is -0.507 e. The van der Waals surface area contributed by atoms with Crippen LogP contribution in [0.4, 0.5) is 0 Å². The maximum Gasteiger partial charge on any atom is 0.273 e. The zero-order valence-electron chi connectivity index (χ0n) is 13.5. The molecule has 2 amide bonds. The summed E-state index contributed by atoms with van der Waals surface area (Å²) in [5.41, 5.74) is 6.07. The van der Waals surface area contributed by atoms with Gasteiger partial charge in [0.15, 0.2) is 0 Å². The fourth-order valence-corrected chi connectivity index (χ4v) is 2.46. The number of benzene rings is 2. The molecule has 1 heterocycles. The third-order valence-corrected chi connectivity index (χ3v) is 3.78. The predicted molar refractivity (Wildman–Crippen MR) is 96.0 cm³/mol. The molecule has 2 aromatic carbocycles. The number of nitrogens with zero attached hydrogens (tertiary/aromatic N) is 2. The normalized spacial score (nSPS) is 10.3. The van der Waals surface area contributed by atoms with Gasteiger partial charge in [-0.25, -0.2) is 4.68 Å². The molecular formula is C18H15ClN4O3. The Kier molecular flexibility index (Phi) is 5.19. The van der Waals surface area contributed by atoms with Crippen LogP contribution in [0.15, 0.2) is 60.9 Å². The van der Waals surface area contributed by atoms with E-state index in [9.17, 15) is 14.7 Å². The van der Waals surface area contributed by atoms with Gasteiger partial charge in [-0.2, -0.15) is 5.10 Å². The average Bonchev–Trinajstić information content (AvgIpc) is 3.11. The number of amides is 2. The molecule has 0 bridgehead atoms. The second kappa shape index (κ2) is 7.71. The third-order valence-electron chi connectivity index (χ3n) is 3.54. The summed E-state index contributed by atoms with van der Waals surface area (Å²) < 4.78 is 1.66. The fraction of sp³-hybridized carbons (Fsp3) is 0.0556. The van der Waals surface area contributed by atoms with E-state index < -0.39 is 11.8 Å². The van der Waals surface area contributed by atoms with E-state index in [-0.39, 0.29) is 17.7 Å². The van der Waals surface area contributed by atoms with Gasteiger partial charge in [0.2, 0.25) is 5.91 Å². The first-order chi connectivity index (χ1) is 12.5. The van der Waals surface area contributed by atoms with Crippen molar-refractivity contribution in [2.75, 3.05) is 0 Å². The van der Waals surface area contributed by atoms with Crippen molar-refractivity contribution in [1.29, 1.82) is 0 Å². The molecule has 3 aromatic rings. The van der Waals surface area contributed by atoms with Crippen LogP contribution >= 0.6 is 11.6 Å². The lowest BCUT2D eigenvalue weighted by Crippen LogP contribution is -2.42. The summed E-state index contributed by atoms with van der Waals surface area (Å²) >= 11 is 5.80. The second-order valence-electron chi connectivity index (χ2n) is 5.47. The molecule has 132 valence electrons. The molecule has 3 N–H and O–H groups in total. The number of halogens is 1. The van der Waals surface area contributed by atoms with Gasteiger partial charge in [-0.1, -0.05) is 29.8 Å². The van der Waals surface area contributed by atoms with Gasteiger partial charge in [-0.15, -0.1) is 0 Å². The SMILES string of the molecule is O=C(Cc1cnn(-c2ccccc2)c1)NNC(=O)c1cc(Cl)ccc1O. The number of para-hydroxylation sites is 1. The average molecular weight is 371 g/mol. The van der Waals surface area contributed by atoms with Crippen molar-refractivity contribution in [2.24, 2.45) is 0 Å². The Morgan fingerprint density at radius 3 is 2.65 bits per heavy atom. The number of phenols is 1. The smallest absolute Gasteiger partial charge is 0.273 e. The van der Waals surface area contributed by atoms with Gasteiger partial charge in [0.05, 0.1) is 23.9 Å². The van der Waals surface area contributed by atoms with E-state index in [1.165, 1.54) is 18.2 Å². The molecule has 26 heavy (non-hydrogen) atoms. The molecule has 0 aliphatic rings. The van der Waals surface area contributed by atoms with Crippen LogP contribution in [0.2, 0.25) is 5.02 Å². The number of carbonyl (C=O) groups is 2. The summed E-state index contributed by atoms with van der Waals surface area (Å²) in [5.74, 6) is -1.32. The van der Waals surface area contributed by atoms with E-state index >= 15 is 0 Å². The zero-order valence-corrected chi connectivity index (χ0v) is 14.3. The summed E-state index contributed by atoms with van der Waals surface area (Å²) in [6.07, 6.45) is 3.35. The van der Waals surface area contributed by atoms with Crippen molar-refractivity contribution in [1.82, 2.24) is 20.6 Å². The number of hydrazine groups is 1. The summed E-state index contributed by atoms with van der Waals surface area (Å²) in [6, 6.07) is 13.6. The van der Waals surface area contributed by atoms with E-state index in [1.807, 2.05) is 30.3 Å². The standard InChI is InChI=1S/C18H15ClN4O3/c19-13-6-7-16(24)15(9-13)18(26)22-21-17(25)8-12-10-20-23(11-12)14-4-2-1-3-5-14/h1-7,9-11,24H,8H2,(H,21,25)(H,22,26). The first-order valence-corrected chi connectivity index (χ1v) is 8.07. The molecule has 0 aliphatic carbocycles. The van der Waals surface area contributed by atoms with Crippen molar-refractivity contribution in [3.05, 3.63) is 77.1 Å². The number of aromatic hydroxyl groups is 1. The molecule has 7 nitrogen and oxygen atoms in total. The van der Waals surface area contributed by atoms with E-state index in [0.717, 1.165) is 5.69 Å². The lowest BCUT2D eigenvalue weighted by molar-refractivity contribution is -0.121. The molecule has 0 fully saturated rings. The number of aromatic nitrogens is 2. The van der Waals surface area contributed by atoms with Gasteiger partial charge in [-0.05, 0) is 35.9 Å². The monoisotopic (exact) mass is 370 g/mol. The highest BCUT2D eigenvalue weighted by Gasteiger charge is 2.13. The van der Waals surface area contributed by atoms with Gasteiger partial charge in [0.1, 0.15) is 5.75 Å². The van der Waals surface area contributed by atoms with Crippen molar-refractivity contribution in [3.63, 3.8) is 0 Å². The largest absolute Gasteiger partial charge is 0.507 e. The molecule has 8 heteroatoms. The second-order valence-corrected chi connectivity index (χ2v) is 5.91. The van der Waals surface area contributed by atoms with Crippen molar-refractivity contribution in [2.45, 2.75) is 6.42 Å². The lowest BCUT2D eigenvalue weighted by Gasteiger charge is -2.08. The van der Waals surface area contributed by atoms with Crippen LogP contribution in [0.5, 0.6) is 5.75 Å². The Hall–Kier alpha value is -3.32. The third kappa shape index (κ3) is 4.20. The van der Waals surface area contributed by atoms with Crippen LogP contribution < -0.4 is 10.9 Å². The fourth-order valence-electron chi connectivity index (χ4n) is 2.29. The Morgan fingerprint density at radius 1 is 1.12 bits per heavy atom. The molecule has 0 aliphatic heterocycles. The van der Waals surface area contributed by atoms with Crippen LogP contribution in [-0.2, 0) is 11.2 Å². The Labute approximate surface area is 154 Å². The minimum atomic E-state index is -0.668. The van der Waals surface area contributed by atoms with Crippen molar-refractivity contribution >= 4 is 23.4 Å². The predicted octanol–water partition coefficient (Wildman–Crippen LogP) is 2.23. The molecule has 0 atom stereocenters. The van der Waals surface area contributed by atoms with Crippen LogP contribution in [0, 0.1) is 0 Å². The van der Waals surface area contributed by atoms with Crippen LogP contribution in [0.1, 0.15) is 15.9 Å². The number of hydrogen-bond acceptors (Lipinski definition) is 4. The van der Waals surface area contributed by atoms with Crippen LogP contribution in [-0.4, -0.2) is 26.7 Å². The molecule has 0 saturated heterocycles. The highest BCUT2D eigenvalue weighted by Crippen LogP contribution is 2.21. The van der Waals surface area contributed by atoms with Crippen molar-refractivity contribution < 1.29 is 14.7 Å². The van der Waals surface area contributed by atoms with E-state index in [1.54, 1.807) is 17.1 Å². The first kappa shape index (κ1) is 17.5. The minimum absolute atomic E-state index is 0.0327. The number of carbonyl (C=O) groups excluding carboxylic acids is 2. The quantitative estimate of drug-likeness (QED) is 0.613. The van der Waals surface area contributed by atoms with Gasteiger partial charge < -0.3 is 5.11 Å². The van der Waals surface area contributed by atoms with Gasteiger partial charge in [-0.3, -0.25) is 20.4 Å². The summed E-state index contributed by atoms with van der Waals surface area (Å²) in [7, 11) is 0. The molecule has 0 unspecified atom stereocenters. The number of rotatable bonds is 4. The van der Waals surface area contributed by atoms with Gasteiger partial charge >= 0.3 is 0 Å². The van der Waals surface area contributed by atoms with Crippen molar-refractivity contribution in [3.8, 4) is 11.4 Å². The highest BCUT2D eigenvalue weighted by molar-refractivity contribution is 6.31. The highest BCUT2D eigenvalue weighted by atomic mass is 35.5. The zero-order chi connectivity index (χ0) is 18.5. The van der Waals surface area contributed by atoms with Gasteiger partial charge in [0, 0.05) is 11.2 Å². The Balaban J connectivity index is 1.57. The topological polar surface area (TPSA) is 96.3 Å². The molecule has 0 radical (unpaired) electrons. The first-order valence-electron chi connectivity index (χ1n) is 7.69.